The third-order valence-electron chi connectivity index (χ3n) is 12.9. The van der Waals surface area contributed by atoms with Crippen molar-refractivity contribution in [3.63, 3.8) is 0 Å². The minimum Gasteiger partial charge on any atom is -0.462 e. The standard InChI is InChI=1S/C57H104O6.C6H14O2/c1-4-7-10-13-16-19-22-25-28-31-34-37-40-43-46-49-55(58)61-52-54(63-57(60)51-48-45-42-39-36-33-30-27-24-21-18-15-12-9-6-3)53-62-56(59)50-47-44-41-38-35-32-29-26-23-20-17-14-11-8-5-2;1-5(7)4-6(2,3)8/h25-30,54H,4-24,31-53H2,1-3H3;5,7-8H,4H2,1-3H3/b28-25-,29-26-,30-27-;. The van der Waals surface area contributed by atoms with Crippen molar-refractivity contribution >= 4 is 17.9 Å². The van der Waals surface area contributed by atoms with Crippen LogP contribution in [0, 0.1) is 0 Å². The Morgan fingerprint density at radius 3 is 0.873 bits per heavy atom. The SMILES string of the molecule is CC(O)CC(C)(C)O.CCCCCCCC/C=C\CCCCCCCC(=O)OCC(COC(=O)CCCCCCC/C=C\CCCCCCCC)OC(=O)CCCCCCC/C=C\CCCCCCCC. The highest BCUT2D eigenvalue weighted by Gasteiger charge is 2.20. The number of unbranched alkanes of at least 4 members (excludes halogenated alkanes) is 33. The highest BCUT2D eigenvalue weighted by Crippen LogP contribution is 2.15. The van der Waals surface area contributed by atoms with Crippen LogP contribution in [0.1, 0.15) is 318 Å². The topological polar surface area (TPSA) is 119 Å². The number of esters is 3. The Morgan fingerprint density at radius 2 is 0.634 bits per heavy atom. The first-order valence-corrected chi connectivity index (χ1v) is 30.3. The van der Waals surface area contributed by atoms with Crippen LogP contribution in [0.2, 0.25) is 0 Å². The largest absolute Gasteiger partial charge is 0.462 e. The van der Waals surface area contributed by atoms with Crippen molar-refractivity contribution in [2.24, 2.45) is 0 Å². The molecule has 8 heteroatoms. The highest BCUT2D eigenvalue weighted by atomic mass is 16.6. The van der Waals surface area contributed by atoms with Crippen LogP contribution < -0.4 is 0 Å². The van der Waals surface area contributed by atoms with Gasteiger partial charge in [-0.25, -0.2) is 0 Å². The third kappa shape index (κ3) is 63.6. The molecule has 1 atom stereocenters. The van der Waals surface area contributed by atoms with Crippen LogP contribution in [-0.4, -0.2) is 59.1 Å². The molecule has 1 unspecified atom stereocenters. The summed E-state index contributed by atoms with van der Waals surface area (Å²) in [6.07, 6.45) is 61.3. The quantitative estimate of drug-likeness (QED) is 0.0268. The molecule has 0 aliphatic carbocycles. The molecule has 0 saturated heterocycles. The molecule has 0 rings (SSSR count). The van der Waals surface area contributed by atoms with Gasteiger partial charge < -0.3 is 24.4 Å². The number of aliphatic hydroxyl groups excluding tert-OH is 1. The Bertz CT molecular complexity index is 1160. The predicted molar refractivity (Wildman–Crippen MR) is 303 cm³/mol. The van der Waals surface area contributed by atoms with Crippen molar-refractivity contribution in [1.29, 1.82) is 0 Å². The Morgan fingerprint density at radius 1 is 0.394 bits per heavy atom. The summed E-state index contributed by atoms with van der Waals surface area (Å²) in [5.41, 5.74) is -0.728. The number of hydrogen-bond donors (Lipinski definition) is 2. The first-order valence-electron chi connectivity index (χ1n) is 30.3. The molecule has 418 valence electrons. The Hall–Kier alpha value is -2.45. The summed E-state index contributed by atoms with van der Waals surface area (Å²) in [7, 11) is 0. The van der Waals surface area contributed by atoms with Gasteiger partial charge in [0.1, 0.15) is 13.2 Å². The van der Waals surface area contributed by atoms with Gasteiger partial charge in [-0.15, -0.1) is 0 Å². The van der Waals surface area contributed by atoms with Gasteiger partial charge >= 0.3 is 17.9 Å². The van der Waals surface area contributed by atoms with E-state index in [1.54, 1.807) is 20.8 Å². The maximum Gasteiger partial charge on any atom is 0.306 e. The summed E-state index contributed by atoms with van der Waals surface area (Å²) in [5.74, 6) is -0.893. The number of carbonyl (C=O) groups is 3. The van der Waals surface area contributed by atoms with E-state index in [-0.39, 0.29) is 31.1 Å². The fourth-order valence-corrected chi connectivity index (χ4v) is 8.62. The smallest absolute Gasteiger partial charge is 0.306 e. The monoisotopic (exact) mass is 1000 g/mol. The molecule has 0 bridgehead atoms. The van der Waals surface area contributed by atoms with Crippen molar-refractivity contribution < 1.29 is 38.8 Å². The molecule has 0 aliphatic rings. The molecule has 0 fully saturated rings. The first-order chi connectivity index (χ1) is 34.4. The molecule has 0 aromatic rings. The average molecular weight is 1000 g/mol. The van der Waals surface area contributed by atoms with Gasteiger partial charge in [0.05, 0.1) is 11.7 Å². The van der Waals surface area contributed by atoms with E-state index in [2.05, 4.69) is 57.2 Å². The van der Waals surface area contributed by atoms with Gasteiger partial charge in [-0.1, -0.05) is 211 Å². The number of ether oxygens (including phenoxy) is 3. The summed E-state index contributed by atoms with van der Waals surface area (Å²) in [6, 6.07) is 0. The summed E-state index contributed by atoms with van der Waals surface area (Å²) >= 11 is 0. The Kier molecular flexibility index (Phi) is 56.5. The second kappa shape index (κ2) is 56.8. The fraction of sp³-hybridized carbons (Fsp3) is 0.857. The van der Waals surface area contributed by atoms with Gasteiger partial charge in [0.25, 0.3) is 0 Å². The van der Waals surface area contributed by atoms with Crippen LogP contribution >= 0.6 is 0 Å². The summed E-state index contributed by atoms with van der Waals surface area (Å²) < 4.78 is 16.8. The van der Waals surface area contributed by atoms with Gasteiger partial charge in [0.2, 0.25) is 0 Å². The zero-order valence-corrected chi connectivity index (χ0v) is 47.8. The van der Waals surface area contributed by atoms with Crippen LogP contribution in [0.5, 0.6) is 0 Å². The summed E-state index contributed by atoms with van der Waals surface area (Å²) in [5, 5.41) is 17.8. The molecule has 0 radical (unpaired) electrons. The molecule has 0 heterocycles. The molecule has 71 heavy (non-hydrogen) atoms. The molecule has 0 aromatic heterocycles. The van der Waals surface area contributed by atoms with E-state index in [1.807, 2.05) is 0 Å². The minimum atomic E-state index is -0.781. The fourth-order valence-electron chi connectivity index (χ4n) is 8.62. The zero-order chi connectivity index (χ0) is 52.6. The van der Waals surface area contributed by atoms with Crippen molar-refractivity contribution in [1.82, 2.24) is 0 Å². The second-order valence-corrected chi connectivity index (χ2v) is 21.3. The van der Waals surface area contributed by atoms with Crippen molar-refractivity contribution in [3.05, 3.63) is 36.5 Å². The van der Waals surface area contributed by atoms with Crippen LogP contribution in [0.3, 0.4) is 0 Å². The second-order valence-electron chi connectivity index (χ2n) is 21.3. The van der Waals surface area contributed by atoms with E-state index in [1.165, 1.54) is 173 Å². The molecule has 0 spiro atoms. The third-order valence-corrected chi connectivity index (χ3v) is 12.9. The number of rotatable bonds is 52. The van der Waals surface area contributed by atoms with E-state index < -0.39 is 17.8 Å². The van der Waals surface area contributed by atoms with Crippen LogP contribution in [0.25, 0.3) is 0 Å². The lowest BCUT2D eigenvalue weighted by molar-refractivity contribution is -0.167. The maximum atomic E-state index is 12.8. The van der Waals surface area contributed by atoms with Crippen LogP contribution in [0.4, 0.5) is 0 Å². The number of hydrogen-bond acceptors (Lipinski definition) is 8. The molecular formula is C63H118O8. The number of aliphatic hydroxyl groups is 2. The van der Waals surface area contributed by atoms with Crippen molar-refractivity contribution in [3.8, 4) is 0 Å². The first kappa shape index (κ1) is 70.6. The van der Waals surface area contributed by atoms with Gasteiger partial charge in [-0.3, -0.25) is 14.4 Å². The van der Waals surface area contributed by atoms with E-state index >= 15 is 0 Å². The number of allylic oxidation sites excluding steroid dienone is 6. The van der Waals surface area contributed by atoms with Gasteiger partial charge in [-0.05, 0) is 117 Å². The Balaban J connectivity index is 0. The van der Waals surface area contributed by atoms with E-state index in [9.17, 15) is 14.4 Å². The van der Waals surface area contributed by atoms with Gasteiger partial charge in [0.15, 0.2) is 6.10 Å². The zero-order valence-electron chi connectivity index (χ0n) is 47.8. The minimum absolute atomic E-state index is 0.0806. The molecule has 0 amide bonds. The van der Waals surface area contributed by atoms with Crippen LogP contribution in [0.15, 0.2) is 36.5 Å². The maximum absolute atomic E-state index is 12.8. The van der Waals surface area contributed by atoms with Crippen molar-refractivity contribution in [2.45, 2.75) is 335 Å². The highest BCUT2D eigenvalue weighted by molar-refractivity contribution is 5.71. The lowest BCUT2D eigenvalue weighted by Gasteiger charge is -2.18. The molecule has 0 saturated carbocycles. The van der Waals surface area contributed by atoms with Gasteiger partial charge in [-0.2, -0.15) is 0 Å². The molecule has 0 aliphatic heterocycles. The molecule has 2 N–H and O–H groups in total. The molecule has 0 aromatic carbocycles. The van der Waals surface area contributed by atoms with E-state index in [0.29, 0.717) is 25.7 Å². The van der Waals surface area contributed by atoms with Crippen molar-refractivity contribution in [2.75, 3.05) is 13.2 Å². The predicted octanol–water partition coefficient (Wildman–Crippen LogP) is 18.6. The summed E-state index contributed by atoms with van der Waals surface area (Å²) in [6.45, 7) is 11.7. The van der Waals surface area contributed by atoms with Crippen LogP contribution in [-0.2, 0) is 28.6 Å². The molecular weight excluding hydrogens is 885 g/mol. The lowest BCUT2D eigenvalue weighted by atomic mass is 10.0. The average Bonchev–Trinajstić information content (AvgIpc) is 3.33. The number of carbonyl (C=O) groups excluding carboxylic acids is 3. The van der Waals surface area contributed by atoms with Gasteiger partial charge in [0, 0.05) is 25.7 Å². The Labute approximate surface area is 440 Å². The van der Waals surface area contributed by atoms with E-state index in [4.69, 9.17) is 24.4 Å². The normalized spacial score (nSPS) is 12.3. The summed E-state index contributed by atoms with van der Waals surface area (Å²) in [4.78, 5) is 38.0. The lowest BCUT2D eigenvalue weighted by Crippen LogP contribution is -2.30. The molecule has 8 nitrogen and oxygen atoms in total. The van der Waals surface area contributed by atoms with E-state index in [0.717, 1.165) is 77.0 Å².